The van der Waals surface area contributed by atoms with Crippen molar-refractivity contribution < 1.29 is 22.8 Å². The van der Waals surface area contributed by atoms with Crippen molar-refractivity contribution in [3.05, 3.63) is 65.2 Å². The number of benzene rings is 2. The van der Waals surface area contributed by atoms with Gasteiger partial charge in [0.1, 0.15) is 10.9 Å². The minimum atomic E-state index is -3.92. The maximum atomic E-state index is 13.2. The molecule has 0 aromatic heterocycles. The van der Waals surface area contributed by atoms with E-state index in [1.165, 1.54) is 17.0 Å². The minimum absolute atomic E-state index is 0.00324. The van der Waals surface area contributed by atoms with Gasteiger partial charge in [0.05, 0.1) is 5.56 Å². The van der Waals surface area contributed by atoms with E-state index in [1.54, 1.807) is 19.1 Å². The standard InChI is InChI=1S/C26H33N3O5S/c1-18(2)16-27-25(31)20(4)28(17-21-10-7-9-19(3)15-21)24(30)13-8-14-29-26(32)22-11-5-6-12-23(22)35(29,33)34/h5-7,9-12,15,18,20H,8,13-14,16-17H2,1-4H3,(H,27,31). The first-order valence-corrected chi connectivity index (χ1v) is 13.2. The quantitative estimate of drug-likeness (QED) is 0.541. The Labute approximate surface area is 207 Å². The zero-order chi connectivity index (χ0) is 25.8. The van der Waals surface area contributed by atoms with E-state index in [2.05, 4.69) is 5.32 Å². The number of amides is 3. The Morgan fingerprint density at radius 2 is 1.77 bits per heavy atom. The zero-order valence-electron chi connectivity index (χ0n) is 20.7. The summed E-state index contributed by atoms with van der Waals surface area (Å²) in [6.45, 7) is 8.29. The number of fused-ring (bicyclic) bond motifs is 1. The minimum Gasteiger partial charge on any atom is -0.354 e. The van der Waals surface area contributed by atoms with Gasteiger partial charge in [-0.1, -0.05) is 55.8 Å². The van der Waals surface area contributed by atoms with Gasteiger partial charge in [-0.3, -0.25) is 14.4 Å². The third-order valence-corrected chi connectivity index (χ3v) is 7.79. The molecule has 1 N–H and O–H groups in total. The van der Waals surface area contributed by atoms with E-state index in [4.69, 9.17) is 0 Å². The molecule has 1 heterocycles. The number of hydrogen-bond donors (Lipinski definition) is 1. The first-order chi connectivity index (χ1) is 16.5. The monoisotopic (exact) mass is 499 g/mol. The van der Waals surface area contributed by atoms with E-state index in [1.807, 2.05) is 45.0 Å². The highest BCUT2D eigenvalue weighted by Gasteiger charge is 2.40. The van der Waals surface area contributed by atoms with Crippen molar-refractivity contribution in [3.63, 3.8) is 0 Å². The molecular formula is C26H33N3O5S. The summed E-state index contributed by atoms with van der Waals surface area (Å²) in [5.74, 6) is -0.824. The second-order valence-corrected chi connectivity index (χ2v) is 11.1. The summed E-state index contributed by atoms with van der Waals surface area (Å²) in [5.41, 5.74) is 2.09. The topological polar surface area (TPSA) is 104 Å². The summed E-state index contributed by atoms with van der Waals surface area (Å²) >= 11 is 0. The molecule has 1 unspecified atom stereocenters. The lowest BCUT2D eigenvalue weighted by Crippen LogP contribution is -2.48. The van der Waals surface area contributed by atoms with Crippen LogP contribution >= 0.6 is 0 Å². The molecule has 0 radical (unpaired) electrons. The van der Waals surface area contributed by atoms with Crippen LogP contribution in [0.3, 0.4) is 0 Å². The number of carbonyl (C=O) groups excluding carboxylic acids is 3. The predicted molar refractivity (Wildman–Crippen MR) is 133 cm³/mol. The lowest BCUT2D eigenvalue weighted by Gasteiger charge is -2.29. The Morgan fingerprint density at radius 1 is 1.06 bits per heavy atom. The van der Waals surface area contributed by atoms with Crippen LogP contribution in [-0.4, -0.2) is 54.5 Å². The number of sulfonamides is 1. The molecule has 9 heteroatoms. The van der Waals surface area contributed by atoms with Crippen LogP contribution in [0.25, 0.3) is 0 Å². The first-order valence-electron chi connectivity index (χ1n) is 11.8. The van der Waals surface area contributed by atoms with Crippen LogP contribution in [0.15, 0.2) is 53.4 Å². The average Bonchev–Trinajstić information content (AvgIpc) is 3.01. The van der Waals surface area contributed by atoms with E-state index >= 15 is 0 Å². The Balaban J connectivity index is 1.70. The van der Waals surface area contributed by atoms with Crippen molar-refractivity contribution in [3.8, 4) is 0 Å². The van der Waals surface area contributed by atoms with E-state index in [-0.39, 0.29) is 54.1 Å². The number of nitrogens with zero attached hydrogens (tertiary/aromatic N) is 2. The highest BCUT2D eigenvalue weighted by molar-refractivity contribution is 7.90. The number of nitrogens with one attached hydrogen (secondary N) is 1. The van der Waals surface area contributed by atoms with Gasteiger partial charge in [-0.15, -0.1) is 0 Å². The molecule has 3 rings (SSSR count). The molecule has 2 aromatic carbocycles. The molecule has 0 saturated carbocycles. The van der Waals surface area contributed by atoms with Crippen molar-refractivity contribution in [2.24, 2.45) is 5.92 Å². The number of hydrogen-bond acceptors (Lipinski definition) is 5. The van der Waals surface area contributed by atoms with Crippen molar-refractivity contribution in [2.45, 2.75) is 58.0 Å². The molecule has 0 fully saturated rings. The van der Waals surface area contributed by atoms with E-state index in [0.29, 0.717) is 6.54 Å². The summed E-state index contributed by atoms with van der Waals surface area (Å²) in [5, 5.41) is 2.88. The molecule has 2 aromatic rings. The molecule has 0 spiro atoms. The van der Waals surface area contributed by atoms with Gasteiger partial charge in [0.2, 0.25) is 11.8 Å². The summed E-state index contributed by atoms with van der Waals surface area (Å²) in [6.07, 6.45) is 0.158. The maximum absolute atomic E-state index is 13.2. The third-order valence-electron chi connectivity index (χ3n) is 5.95. The summed E-state index contributed by atoms with van der Waals surface area (Å²) in [4.78, 5) is 40.1. The Bertz CT molecular complexity index is 1210. The Kier molecular flexibility index (Phi) is 8.32. The summed E-state index contributed by atoms with van der Waals surface area (Å²) in [7, 11) is -3.92. The van der Waals surface area contributed by atoms with Gasteiger partial charge in [0.25, 0.3) is 15.9 Å². The summed E-state index contributed by atoms with van der Waals surface area (Å²) < 4.78 is 26.3. The van der Waals surface area contributed by atoms with Crippen LogP contribution in [0.4, 0.5) is 0 Å². The number of aryl methyl sites for hydroxylation is 1. The van der Waals surface area contributed by atoms with Gasteiger partial charge >= 0.3 is 0 Å². The lowest BCUT2D eigenvalue weighted by molar-refractivity contribution is -0.140. The molecule has 188 valence electrons. The zero-order valence-corrected chi connectivity index (χ0v) is 21.5. The predicted octanol–water partition coefficient (Wildman–Crippen LogP) is 3.11. The van der Waals surface area contributed by atoms with Crippen molar-refractivity contribution >= 4 is 27.7 Å². The smallest absolute Gasteiger partial charge is 0.269 e. The largest absolute Gasteiger partial charge is 0.354 e. The molecule has 3 amide bonds. The van der Waals surface area contributed by atoms with Crippen molar-refractivity contribution in [1.29, 1.82) is 0 Å². The highest BCUT2D eigenvalue weighted by atomic mass is 32.2. The highest BCUT2D eigenvalue weighted by Crippen LogP contribution is 2.30. The second kappa shape index (κ2) is 11.0. The average molecular weight is 500 g/mol. The van der Waals surface area contributed by atoms with Crippen LogP contribution in [0.2, 0.25) is 0 Å². The molecule has 0 saturated heterocycles. The Hall–Kier alpha value is -3.20. The van der Waals surface area contributed by atoms with Crippen LogP contribution in [0.5, 0.6) is 0 Å². The summed E-state index contributed by atoms with van der Waals surface area (Å²) in [6, 6.07) is 13.1. The van der Waals surface area contributed by atoms with Crippen LogP contribution in [0, 0.1) is 12.8 Å². The molecule has 8 nitrogen and oxygen atoms in total. The van der Waals surface area contributed by atoms with Gasteiger partial charge in [0, 0.05) is 26.1 Å². The molecule has 0 bridgehead atoms. The molecular weight excluding hydrogens is 466 g/mol. The van der Waals surface area contributed by atoms with Crippen molar-refractivity contribution in [2.75, 3.05) is 13.1 Å². The lowest BCUT2D eigenvalue weighted by atomic mass is 10.1. The van der Waals surface area contributed by atoms with Gasteiger partial charge in [-0.2, -0.15) is 0 Å². The molecule has 1 atom stereocenters. The van der Waals surface area contributed by atoms with Crippen LogP contribution in [0.1, 0.15) is 55.1 Å². The fourth-order valence-corrected chi connectivity index (χ4v) is 5.62. The fourth-order valence-electron chi connectivity index (χ4n) is 4.01. The maximum Gasteiger partial charge on any atom is 0.269 e. The molecule has 1 aliphatic rings. The van der Waals surface area contributed by atoms with Crippen LogP contribution < -0.4 is 5.32 Å². The van der Waals surface area contributed by atoms with Gasteiger partial charge < -0.3 is 10.2 Å². The normalized spacial score (nSPS) is 15.1. The van der Waals surface area contributed by atoms with Gasteiger partial charge in [0.15, 0.2) is 0 Å². The van der Waals surface area contributed by atoms with Gasteiger partial charge in [-0.25, -0.2) is 12.7 Å². The first kappa shape index (κ1) is 26.4. The SMILES string of the molecule is Cc1cccc(CN(C(=O)CCCN2C(=O)c3ccccc3S2(=O)=O)C(C)C(=O)NCC(C)C)c1. The molecule has 35 heavy (non-hydrogen) atoms. The van der Waals surface area contributed by atoms with Crippen molar-refractivity contribution in [1.82, 2.24) is 14.5 Å². The molecule has 0 aliphatic carbocycles. The number of carbonyl (C=O) groups is 3. The molecule has 1 aliphatic heterocycles. The Morgan fingerprint density at radius 3 is 2.43 bits per heavy atom. The van der Waals surface area contributed by atoms with E-state index in [9.17, 15) is 22.8 Å². The van der Waals surface area contributed by atoms with Gasteiger partial charge in [-0.05, 0) is 43.9 Å². The number of rotatable bonds is 10. The second-order valence-electron chi connectivity index (χ2n) is 9.31. The third kappa shape index (κ3) is 6.08. The van der Waals surface area contributed by atoms with Crippen LogP contribution in [-0.2, 0) is 26.2 Å². The van der Waals surface area contributed by atoms with E-state index < -0.39 is 22.0 Å². The fraction of sp³-hybridized carbons (Fsp3) is 0.423. The van der Waals surface area contributed by atoms with E-state index in [0.717, 1.165) is 15.4 Å².